The Bertz CT molecular complexity index is 700. The number of hydrogen-bond acceptors (Lipinski definition) is 1. The highest BCUT2D eigenvalue weighted by Crippen LogP contribution is 2.53. The number of benzene rings is 2. The zero-order valence-electron chi connectivity index (χ0n) is 13.6. The van der Waals surface area contributed by atoms with Crippen LogP contribution in [0.4, 0.5) is 0 Å². The fourth-order valence-corrected chi connectivity index (χ4v) is 5.61. The second-order valence-electron chi connectivity index (χ2n) is 5.52. The van der Waals surface area contributed by atoms with E-state index in [4.69, 9.17) is 11.6 Å². The molecule has 0 amide bonds. The number of hydrogen-bond donors (Lipinski definition) is 0. The fraction of sp³-hybridized carbons (Fsp3) is 0.250. The summed E-state index contributed by atoms with van der Waals surface area (Å²) in [5, 5.41) is 2.56. The van der Waals surface area contributed by atoms with Crippen LogP contribution in [0.3, 0.4) is 0 Å². The summed E-state index contributed by atoms with van der Waals surface area (Å²) in [6, 6.07) is 19.4. The molecule has 0 bridgehead atoms. The summed E-state index contributed by atoms with van der Waals surface area (Å²) in [6.07, 6.45) is 1.66. The second-order valence-corrected chi connectivity index (χ2v) is 8.57. The molecule has 120 valence electrons. The van der Waals surface area contributed by atoms with E-state index in [2.05, 4.69) is 12.7 Å². The summed E-state index contributed by atoms with van der Waals surface area (Å²) in [7, 11) is -2.89. The quantitative estimate of drug-likeness (QED) is 0.386. The Morgan fingerprint density at radius 1 is 1.00 bits per heavy atom. The van der Waals surface area contributed by atoms with Gasteiger partial charge in [-0.05, 0) is 18.9 Å². The van der Waals surface area contributed by atoms with Gasteiger partial charge in [-0.1, -0.05) is 74.0 Å². The lowest BCUT2D eigenvalue weighted by molar-refractivity contribution is 0.589. The largest absolute Gasteiger partial charge is 0.308 e. The summed E-state index contributed by atoms with van der Waals surface area (Å²) >= 11 is 5.94. The Hall–Kier alpha value is -1.52. The minimum Gasteiger partial charge on any atom is -0.308 e. The van der Waals surface area contributed by atoms with Gasteiger partial charge in [0.1, 0.15) is 0 Å². The molecule has 0 aromatic heterocycles. The van der Waals surface area contributed by atoms with Crippen molar-refractivity contribution in [3.63, 3.8) is 0 Å². The van der Waals surface area contributed by atoms with E-state index >= 15 is 0 Å². The minimum absolute atomic E-state index is 0.400. The highest BCUT2D eigenvalue weighted by molar-refractivity contribution is 7.82. The first-order chi connectivity index (χ1) is 11.1. The molecule has 0 N–H and O–H groups in total. The van der Waals surface area contributed by atoms with Gasteiger partial charge in [0.25, 0.3) is 0 Å². The van der Waals surface area contributed by atoms with Crippen LogP contribution in [0.25, 0.3) is 0 Å². The van der Waals surface area contributed by atoms with Crippen LogP contribution in [0.2, 0.25) is 0 Å². The molecule has 0 fully saturated rings. The predicted octanol–water partition coefficient (Wildman–Crippen LogP) is 5.47. The Balaban J connectivity index is 2.77. The van der Waals surface area contributed by atoms with Gasteiger partial charge in [0.05, 0.1) is 5.88 Å². The van der Waals surface area contributed by atoms with Crippen molar-refractivity contribution in [2.75, 3.05) is 5.88 Å². The molecule has 0 aliphatic heterocycles. The monoisotopic (exact) mass is 344 g/mol. The van der Waals surface area contributed by atoms with Crippen LogP contribution >= 0.6 is 18.7 Å². The third-order valence-electron chi connectivity index (χ3n) is 3.66. The summed E-state index contributed by atoms with van der Waals surface area (Å²) in [5.74, 6) is 0.400. The molecule has 0 heterocycles. The van der Waals surface area contributed by atoms with Crippen LogP contribution in [0.15, 0.2) is 77.3 Å². The number of allylic oxidation sites excluding steroid dienone is 1. The summed E-state index contributed by atoms with van der Waals surface area (Å²) in [4.78, 5) is 0. The SMILES string of the molecule is CCCC(=C=C(C)CCl)P(=O)(c1ccccc1)c1ccccc1. The molecule has 23 heavy (non-hydrogen) atoms. The highest BCUT2D eigenvalue weighted by Gasteiger charge is 2.31. The van der Waals surface area contributed by atoms with Gasteiger partial charge in [0.2, 0.25) is 0 Å². The lowest BCUT2D eigenvalue weighted by Gasteiger charge is -2.21. The first-order valence-corrected chi connectivity index (χ1v) is 10.1. The van der Waals surface area contributed by atoms with Gasteiger partial charge in [-0.25, -0.2) is 0 Å². The van der Waals surface area contributed by atoms with Gasteiger partial charge in [0, 0.05) is 15.9 Å². The van der Waals surface area contributed by atoms with Crippen LogP contribution in [0, 0.1) is 0 Å². The Morgan fingerprint density at radius 3 is 1.87 bits per heavy atom. The molecule has 0 spiro atoms. The van der Waals surface area contributed by atoms with Crippen molar-refractivity contribution in [3.8, 4) is 0 Å². The van der Waals surface area contributed by atoms with Crippen LogP contribution in [0.1, 0.15) is 26.7 Å². The normalized spacial score (nSPS) is 10.9. The third kappa shape index (κ3) is 4.06. The van der Waals surface area contributed by atoms with Crippen molar-refractivity contribution in [2.24, 2.45) is 0 Å². The van der Waals surface area contributed by atoms with Crippen LogP contribution in [-0.2, 0) is 4.57 Å². The fourth-order valence-electron chi connectivity index (χ4n) is 2.55. The zero-order valence-corrected chi connectivity index (χ0v) is 15.3. The van der Waals surface area contributed by atoms with Gasteiger partial charge in [-0.15, -0.1) is 17.3 Å². The predicted molar refractivity (Wildman–Crippen MR) is 102 cm³/mol. The molecule has 1 nitrogen and oxygen atoms in total. The number of rotatable bonds is 6. The zero-order chi connectivity index (χ0) is 16.7. The van der Waals surface area contributed by atoms with Gasteiger partial charge < -0.3 is 4.57 Å². The molecule has 3 heteroatoms. The van der Waals surface area contributed by atoms with E-state index in [-0.39, 0.29) is 0 Å². The number of halogens is 1. The molecule has 2 rings (SSSR count). The third-order valence-corrected chi connectivity index (χ3v) is 7.21. The maximum absolute atomic E-state index is 14.2. The average molecular weight is 345 g/mol. The molecule has 0 atom stereocenters. The van der Waals surface area contributed by atoms with Crippen molar-refractivity contribution < 1.29 is 4.57 Å². The van der Waals surface area contributed by atoms with Crippen LogP contribution in [0.5, 0.6) is 0 Å². The Morgan fingerprint density at radius 2 is 1.48 bits per heavy atom. The molecule has 0 saturated carbocycles. The Labute approximate surface area is 144 Å². The standard InChI is InChI=1S/C20H22ClOP/c1-3-10-20(15-17(2)16-21)23(22,18-11-6-4-7-12-18)19-13-8-5-9-14-19/h4-9,11-14H,3,10,16H2,1-2H3. The van der Waals surface area contributed by atoms with E-state index in [9.17, 15) is 4.57 Å². The average Bonchev–Trinajstić information content (AvgIpc) is 2.62. The smallest absolute Gasteiger partial charge is 0.174 e. The van der Waals surface area contributed by atoms with Crippen molar-refractivity contribution in [1.29, 1.82) is 0 Å². The van der Waals surface area contributed by atoms with E-state index in [1.807, 2.05) is 67.6 Å². The van der Waals surface area contributed by atoms with E-state index in [0.29, 0.717) is 5.88 Å². The van der Waals surface area contributed by atoms with Gasteiger partial charge in [0.15, 0.2) is 7.14 Å². The van der Waals surface area contributed by atoms with Gasteiger partial charge in [-0.2, -0.15) is 0 Å². The van der Waals surface area contributed by atoms with Gasteiger partial charge >= 0.3 is 0 Å². The van der Waals surface area contributed by atoms with E-state index in [0.717, 1.165) is 34.3 Å². The maximum atomic E-state index is 14.2. The summed E-state index contributed by atoms with van der Waals surface area (Å²) < 4.78 is 14.2. The molecule has 2 aromatic rings. The maximum Gasteiger partial charge on any atom is 0.174 e. The van der Waals surface area contributed by atoms with Gasteiger partial charge in [-0.3, -0.25) is 0 Å². The first-order valence-electron chi connectivity index (χ1n) is 7.86. The number of alkyl halides is 1. The van der Waals surface area contributed by atoms with Crippen molar-refractivity contribution in [1.82, 2.24) is 0 Å². The summed E-state index contributed by atoms with van der Waals surface area (Å²) in [6.45, 7) is 4.03. The van der Waals surface area contributed by atoms with Crippen molar-refractivity contribution >= 4 is 29.4 Å². The molecule has 0 unspecified atom stereocenters. The Kier molecular flexibility index (Phi) is 6.48. The molecule has 0 aliphatic rings. The van der Waals surface area contributed by atoms with Crippen molar-refractivity contribution in [3.05, 3.63) is 77.3 Å². The van der Waals surface area contributed by atoms with Crippen LogP contribution in [-0.4, -0.2) is 5.88 Å². The highest BCUT2D eigenvalue weighted by atomic mass is 35.5. The first kappa shape index (κ1) is 17.8. The molecular formula is C20H22ClOP. The molecule has 0 aliphatic carbocycles. The van der Waals surface area contributed by atoms with E-state index in [1.54, 1.807) is 0 Å². The van der Waals surface area contributed by atoms with Crippen LogP contribution < -0.4 is 10.6 Å². The lowest BCUT2D eigenvalue weighted by Crippen LogP contribution is -2.17. The topological polar surface area (TPSA) is 17.1 Å². The van der Waals surface area contributed by atoms with Crippen molar-refractivity contribution in [2.45, 2.75) is 26.7 Å². The van der Waals surface area contributed by atoms with E-state index < -0.39 is 7.14 Å². The molecule has 2 aromatic carbocycles. The lowest BCUT2D eigenvalue weighted by atomic mass is 10.3. The molecular weight excluding hydrogens is 323 g/mol. The summed E-state index contributed by atoms with van der Waals surface area (Å²) in [5.41, 5.74) is 4.26. The van der Waals surface area contributed by atoms with E-state index in [1.165, 1.54) is 0 Å². The minimum atomic E-state index is -2.89. The second kappa shape index (κ2) is 8.37. The molecule has 0 radical (unpaired) electrons. The molecule has 0 saturated heterocycles.